The van der Waals surface area contributed by atoms with E-state index in [2.05, 4.69) is 4.98 Å². The van der Waals surface area contributed by atoms with Gasteiger partial charge in [0.25, 0.3) is 5.56 Å². The van der Waals surface area contributed by atoms with Crippen LogP contribution >= 0.6 is 0 Å². The maximum atomic E-state index is 16.1. The first kappa shape index (κ1) is 22.3. The zero-order chi connectivity index (χ0) is 23.1. The standard InChI is InChI=1S/C22H25F3N4O3/c1-27-17-16(18(31)28(20(27)32)12-5-13-30)29(14-15-6-3-2-4-7-15)19(26-17)21(23)8-10-22(24,25)11-9-21/h2-4,6-7,30H,5,8-14H2,1H3. The number of aromatic nitrogens is 4. The van der Waals surface area contributed by atoms with Crippen molar-refractivity contribution >= 4 is 11.2 Å². The number of nitrogens with zero attached hydrogens (tertiary/aromatic N) is 4. The summed E-state index contributed by atoms with van der Waals surface area (Å²) in [7, 11) is 1.43. The molecule has 1 aromatic carbocycles. The van der Waals surface area contributed by atoms with Crippen LogP contribution in [-0.4, -0.2) is 36.3 Å². The van der Waals surface area contributed by atoms with E-state index in [9.17, 15) is 18.4 Å². The van der Waals surface area contributed by atoms with Crippen molar-refractivity contribution in [3.63, 3.8) is 0 Å². The second kappa shape index (κ2) is 8.23. The summed E-state index contributed by atoms with van der Waals surface area (Å²) in [5.74, 6) is -3.05. The van der Waals surface area contributed by atoms with Crippen molar-refractivity contribution in [2.75, 3.05) is 6.61 Å². The maximum Gasteiger partial charge on any atom is 0.332 e. The molecule has 4 rings (SSSR count). The van der Waals surface area contributed by atoms with Crippen molar-refractivity contribution < 1.29 is 18.3 Å². The molecule has 0 bridgehead atoms. The van der Waals surface area contributed by atoms with Gasteiger partial charge >= 0.3 is 5.69 Å². The molecule has 2 aromatic heterocycles. The van der Waals surface area contributed by atoms with Gasteiger partial charge in [-0.15, -0.1) is 0 Å². The fourth-order valence-corrected chi connectivity index (χ4v) is 4.30. The number of aliphatic hydroxyl groups is 1. The second-order valence-electron chi connectivity index (χ2n) is 8.38. The zero-order valence-corrected chi connectivity index (χ0v) is 17.7. The molecule has 0 radical (unpaired) electrons. The highest BCUT2D eigenvalue weighted by Crippen LogP contribution is 2.46. The Bertz CT molecular complexity index is 1240. The number of fused-ring (bicyclic) bond motifs is 1. The Morgan fingerprint density at radius 1 is 1.03 bits per heavy atom. The third kappa shape index (κ3) is 3.87. The Labute approximate surface area is 181 Å². The Hall–Kier alpha value is -2.88. The van der Waals surface area contributed by atoms with E-state index in [0.29, 0.717) is 0 Å². The van der Waals surface area contributed by atoms with Gasteiger partial charge in [-0.25, -0.2) is 22.9 Å². The number of imidazole rings is 1. The van der Waals surface area contributed by atoms with Crippen LogP contribution in [0.3, 0.4) is 0 Å². The molecule has 1 saturated carbocycles. The van der Waals surface area contributed by atoms with Gasteiger partial charge in [0.2, 0.25) is 5.92 Å². The smallest absolute Gasteiger partial charge is 0.332 e. The Balaban J connectivity index is 1.96. The van der Waals surface area contributed by atoms with Gasteiger partial charge in [-0.3, -0.25) is 13.9 Å². The predicted octanol–water partition coefficient (Wildman–Crippen LogP) is 2.70. The first-order valence-corrected chi connectivity index (χ1v) is 10.6. The van der Waals surface area contributed by atoms with Crippen molar-refractivity contribution in [3.8, 4) is 0 Å². The van der Waals surface area contributed by atoms with E-state index in [4.69, 9.17) is 5.11 Å². The largest absolute Gasteiger partial charge is 0.396 e. The van der Waals surface area contributed by atoms with Crippen LogP contribution in [0.25, 0.3) is 11.2 Å². The first-order valence-electron chi connectivity index (χ1n) is 10.6. The molecule has 0 unspecified atom stereocenters. The lowest BCUT2D eigenvalue weighted by Gasteiger charge is -2.33. The SMILES string of the molecule is Cn1c(=O)n(CCCO)c(=O)c2c1nc(C1(F)CCC(F)(F)CC1)n2Cc1ccccc1. The summed E-state index contributed by atoms with van der Waals surface area (Å²) in [5.41, 5.74) is -2.59. The van der Waals surface area contributed by atoms with Gasteiger partial charge < -0.3 is 9.67 Å². The molecular weight excluding hydrogens is 425 g/mol. The molecule has 0 saturated heterocycles. The molecule has 1 N–H and O–H groups in total. The van der Waals surface area contributed by atoms with Crippen molar-refractivity contribution in [1.82, 2.24) is 18.7 Å². The summed E-state index contributed by atoms with van der Waals surface area (Å²) < 4.78 is 47.2. The van der Waals surface area contributed by atoms with E-state index in [1.165, 1.54) is 16.2 Å². The minimum Gasteiger partial charge on any atom is -0.396 e. The number of rotatable bonds is 6. The Morgan fingerprint density at radius 2 is 1.69 bits per heavy atom. The fourth-order valence-electron chi connectivity index (χ4n) is 4.30. The fraction of sp³-hybridized carbons (Fsp3) is 0.500. The van der Waals surface area contributed by atoms with Gasteiger partial charge in [-0.2, -0.15) is 0 Å². The first-order chi connectivity index (χ1) is 15.2. The van der Waals surface area contributed by atoms with E-state index in [1.807, 2.05) is 18.2 Å². The third-order valence-electron chi connectivity index (χ3n) is 6.13. The number of benzene rings is 1. The topological polar surface area (TPSA) is 82.0 Å². The average Bonchev–Trinajstić information content (AvgIpc) is 3.15. The quantitative estimate of drug-likeness (QED) is 0.626. The average molecular weight is 450 g/mol. The number of aliphatic hydroxyl groups excluding tert-OH is 1. The second-order valence-corrected chi connectivity index (χ2v) is 8.38. The molecule has 1 aliphatic carbocycles. The lowest BCUT2D eigenvalue weighted by Crippen LogP contribution is -2.40. The van der Waals surface area contributed by atoms with Crippen molar-refractivity contribution in [2.45, 2.75) is 56.8 Å². The van der Waals surface area contributed by atoms with E-state index >= 15 is 4.39 Å². The molecule has 1 aliphatic rings. The van der Waals surface area contributed by atoms with Crippen LogP contribution in [0.15, 0.2) is 39.9 Å². The molecule has 10 heteroatoms. The van der Waals surface area contributed by atoms with Gasteiger partial charge in [-0.1, -0.05) is 30.3 Å². The number of halogens is 3. The molecule has 32 heavy (non-hydrogen) atoms. The summed E-state index contributed by atoms with van der Waals surface area (Å²) in [6.07, 6.45) is -1.88. The van der Waals surface area contributed by atoms with Gasteiger partial charge in [0, 0.05) is 39.6 Å². The molecule has 172 valence electrons. The molecule has 0 spiro atoms. The number of hydrogen-bond acceptors (Lipinski definition) is 4. The van der Waals surface area contributed by atoms with Gasteiger partial charge in [0.1, 0.15) is 5.82 Å². The minimum atomic E-state index is -2.93. The van der Waals surface area contributed by atoms with Crippen LogP contribution in [0.4, 0.5) is 13.2 Å². The lowest BCUT2D eigenvalue weighted by molar-refractivity contribution is -0.0803. The van der Waals surface area contributed by atoms with Crippen LogP contribution in [0.1, 0.15) is 43.5 Å². The summed E-state index contributed by atoms with van der Waals surface area (Å²) in [5, 5.41) is 9.14. The van der Waals surface area contributed by atoms with Gasteiger partial charge in [0.05, 0.1) is 0 Å². The zero-order valence-electron chi connectivity index (χ0n) is 17.7. The molecule has 0 aliphatic heterocycles. The summed E-state index contributed by atoms with van der Waals surface area (Å²) in [6.45, 7) is -0.108. The van der Waals surface area contributed by atoms with Crippen molar-refractivity contribution in [2.24, 2.45) is 7.05 Å². The normalized spacial score (nSPS) is 17.7. The van der Waals surface area contributed by atoms with E-state index in [-0.39, 0.29) is 43.1 Å². The van der Waals surface area contributed by atoms with Crippen molar-refractivity contribution in [1.29, 1.82) is 0 Å². The van der Waals surface area contributed by atoms with E-state index in [1.54, 1.807) is 12.1 Å². The summed E-state index contributed by atoms with van der Waals surface area (Å²) in [4.78, 5) is 30.4. The summed E-state index contributed by atoms with van der Waals surface area (Å²) >= 11 is 0. The predicted molar refractivity (Wildman–Crippen MR) is 113 cm³/mol. The molecular formula is C22H25F3N4O3. The van der Waals surface area contributed by atoms with Crippen LogP contribution in [0, 0.1) is 0 Å². The number of hydrogen-bond donors (Lipinski definition) is 1. The molecule has 7 nitrogen and oxygen atoms in total. The van der Waals surface area contributed by atoms with E-state index in [0.717, 1.165) is 10.1 Å². The highest BCUT2D eigenvalue weighted by molar-refractivity contribution is 5.71. The highest BCUT2D eigenvalue weighted by atomic mass is 19.3. The monoisotopic (exact) mass is 450 g/mol. The van der Waals surface area contributed by atoms with Gasteiger partial charge in [0.15, 0.2) is 16.8 Å². The molecule has 3 aromatic rings. The van der Waals surface area contributed by atoms with E-state index < -0.39 is 48.5 Å². The summed E-state index contributed by atoms with van der Waals surface area (Å²) in [6, 6.07) is 9.04. The molecule has 0 atom stereocenters. The van der Waals surface area contributed by atoms with Gasteiger partial charge in [-0.05, 0) is 24.8 Å². The molecule has 0 amide bonds. The third-order valence-corrected chi connectivity index (χ3v) is 6.13. The maximum absolute atomic E-state index is 16.1. The minimum absolute atomic E-state index is 0.00319. The number of aryl methyl sites for hydroxylation is 1. The highest BCUT2D eigenvalue weighted by Gasteiger charge is 2.47. The van der Waals surface area contributed by atoms with Crippen LogP contribution in [0.5, 0.6) is 0 Å². The molecule has 2 heterocycles. The molecule has 1 fully saturated rings. The van der Waals surface area contributed by atoms with Crippen molar-refractivity contribution in [3.05, 3.63) is 62.6 Å². The Kier molecular flexibility index (Phi) is 5.74. The van der Waals surface area contributed by atoms with Crippen LogP contribution in [0.2, 0.25) is 0 Å². The Morgan fingerprint density at radius 3 is 2.31 bits per heavy atom. The van der Waals surface area contributed by atoms with Crippen LogP contribution in [-0.2, 0) is 25.8 Å². The number of alkyl halides is 3. The van der Waals surface area contributed by atoms with Crippen LogP contribution < -0.4 is 11.2 Å². The lowest BCUT2D eigenvalue weighted by atomic mass is 9.83.